The average Bonchev–Trinajstić information content (AvgIpc) is 3.51. The highest BCUT2D eigenvalue weighted by atomic mass is 32.2. The van der Waals surface area contributed by atoms with Crippen LogP contribution in [0.1, 0.15) is 43.0 Å². The number of fused-ring (bicyclic) bond motifs is 1. The molecule has 2 aromatic heterocycles. The summed E-state index contributed by atoms with van der Waals surface area (Å²) >= 11 is 1.30. The SMILES string of the molecule is CC[C@H]1CCCCN1S(=O)(=O)c1ccc(C(=O)Nc2nc(-c3cc4ccccc4o3)cs2)cc1. The summed E-state index contributed by atoms with van der Waals surface area (Å²) in [6, 6.07) is 15.8. The summed E-state index contributed by atoms with van der Waals surface area (Å²) in [5.41, 5.74) is 1.79. The van der Waals surface area contributed by atoms with Gasteiger partial charge in [0, 0.05) is 28.9 Å². The molecule has 1 aliphatic rings. The minimum absolute atomic E-state index is 0.0348. The number of nitrogens with one attached hydrogen (secondary N) is 1. The van der Waals surface area contributed by atoms with Gasteiger partial charge in [0.05, 0.1) is 4.90 Å². The Bertz CT molecular complexity index is 1390. The fourth-order valence-electron chi connectivity index (χ4n) is 4.33. The van der Waals surface area contributed by atoms with Crippen molar-refractivity contribution in [2.45, 2.75) is 43.5 Å². The van der Waals surface area contributed by atoms with E-state index in [2.05, 4.69) is 10.3 Å². The van der Waals surface area contributed by atoms with Crippen molar-refractivity contribution in [2.75, 3.05) is 11.9 Å². The molecule has 34 heavy (non-hydrogen) atoms. The third-order valence-corrected chi connectivity index (χ3v) is 8.89. The third-order valence-electron chi connectivity index (χ3n) is 6.17. The summed E-state index contributed by atoms with van der Waals surface area (Å²) in [6.07, 6.45) is 3.61. The van der Waals surface area contributed by atoms with Crippen LogP contribution in [-0.4, -0.2) is 36.2 Å². The van der Waals surface area contributed by atoms with Gasteiger partial charge in [0.25, 0.3) is 5.91 Å². The number of nitrogens with zero attached hydrogens (tertiary/aromatic N) is 2. The molecular formula is C25H25N3O4S2. The normalized spacial score (nSPS) is 17.1. The minimum Gasteiger partial charge on any atom is -0.454 e. The van der Waals surface area contributed by atoms with E-state index < -0.39 is 10.0 Å². The molecule has 0 spiro atoms. The summed E-state index contributed by atoms with van der Waals surface area (Å²) in [7, 11) is -3.58. The van der Waals surface area contributed by atoms with E-state index in [1.54, 1.807) is 16.4 Å². The zero-order chi connectivity index (χ0) is 23.7. The van der Waals surface area contributed by atoms with Crippen LogP contribution in [0.3, 0.4) is 0 Å². The maximum absolute atomic E-state index is 13.1. The average molecular weight is 496 g/mol. The Kier molecular flexibility index (Phi) is 6.24. The first-order valence-electron chi connectivity index (χ1n) is 11.3. The second kappa shape index (κ2) is 9.32. The largest absolute Gasteiger partial charge is 0.454 e. The molecule has 0 saturated carbocycles. The molecule has 4 aromatic rings. The van der Waals surface area contributed by atoms with Crippen molar-refractivity contribution < 1.29 is 17.6 Å². The molecule has 7 nitrogen and oxygen atoms in total. The molecule has 1 amide bonds. The van der Waals surface area contributed by atoms with Gasteiger partial charge in [-0.1, -0.05) is 31.5 Å². The zero-order valence-electron chi connectivity index (χ0n) is 18.7. The number of amides is 1. The topological polar surface area (TPSA) is 92.5 Å². The first kappa shape index (κ1) is 22.8. The Morgan fingerprint density at radius 1 is 1.18 bits per heavy atom. The van der Waals surface area contributed by atoms with E-state index in [1.165, 1.54) is 23.5 Å². The van der Waals surface area contributed by atoms with Gasteiger partial charge in [0.1, 0.15) is 11.3 Å². The summed E-state index contributed by atoms with van der Waals surface area (Å²) in [5, 5.41) is 6.04. The van der Waals surface area contributed by atoms with E-state index in [9.17, 15) is 13.2 Å². The van der Waals surface area contributed by atoms with E-state index in [0.29, 0.717) is 28.7 Å². The molecule has 1 saturated heterocycles. The fraction of sp³-hybridized carbons (Fsp3) is 0.280. The number of para-hydroxylation sites is 1. The molecule has 1 atom stereocenters. The number of sulfonamides is 1. The van der Waals surface area contributed by atoms with Gasteiger partial charge in [-0.2, -0.15) is 4.31 Å². The van der Waals surface area contributed by atoms with Crippen molar-refractivity contribution >= 4 is 43.4 Å². The molecule has 0 aliphatic carbocycles. The smallest absolute Gasteiger partial charge is 0.257 e. The monoisotopic (exact) mass is 495 g/mol. The van der Waals surface area contributed by atoms with E-state index in [4.69, 9.17) is 4.42 Å². The third kappa shape index (κ3) is 4.38. The number of aromatic nitrogens is 1. The van der Waals surface area contributed by atoms with Crippen LogP contribution in [0.2, 0.25) is 0 Å². The van der Waals surface area contributed by atoms with Gasteiger partial charge in [-0.05, 0) is 55.7 Å². The zero-order valence-corrected chi connectivity index (χ0v) is 20.4. The molecule has 0 unspecified atom stereocenters. The van der Waals surface area contributed by atoms with Crippen LogP contribution in [0.5, 0.6) is 0 Å². The first-order chi connectivity index (χ1) is 16.5. The highest BCUT2D eigenvalue weighted by molar-refractivity contribution is 7.89. The van der Waals surface area contributed by atoms with Crippen molar-refractivity contribution in [1.29, 1.82) is 0 Å². The lowest BCUT2D eigenvalue weighted by atomic mass is 10.0. The summed E-state index contributed by atoms with van der Waals surface area (Å²) in [4.78, 5) is 17.4. The van der Waals surface area contributed by atoms with Gasteiger partial charge >= 0.3 is 0 Å². The Labute approximate surface area is 202 Å². The molecule has 176 valence electrons. The van der Waals surface area contributed by atoms with Crippen molar-refractivity contribution in [2.24, 2.45) is 0 Å². The molecule has 1 fully saturated rings. The Morgan fingerprint density at radius 2 is 1.97 bits per heavy atom. The molecule has 5 rings (SSSR count). The highest BCUT2D eigenvalue weighted by Crippen LogP contribution is 2.31. The number of piperidine rings is 1. The number of benzene rings is 2. The molecule has 1 N–H and O–H groups in total. The van der Waals surface area contributed by atoms with Crippen LogP contribution >= 0.6 is 11.3 Å². The maximum Gasteiger partial charge on any atom is 0.257 e. The Balaban J connectivity index is 1.29. The molecule has 0 bridgehead atoms. The molecular weight excluding hydrogens is 470 g/mol. The summed E-state index contributed by atoms with van der Waals surface area (Å²) in [5.74, 6) is 0.287. The number of furan rings is 1. The fourth-order valence-corrected chi connectivity index (χ4v) is 6.80. The number of rotatable bonds is 6. The van der Waals surface area contributed by atoms with Crippen LogP contribution in [-0.2, 0) is 10.0 Å². The lowest BCUT2D eigenvalue weighted by Crippen LogP contribution is -2.43. The Morgan fingerprint density at radius 3 is 2.74 bits per heavy atom. The molecule has 2 aromatic carbocycles. The summed E-state index contributed by atoms with van der Waals surface area (Å²) in [6.45, 7) is 2.56. The van der Waals surface area contributed by atoms with Gasteiger partial charge in [-0.25, -0.2) is 13.4 Å². The van der Waals surface area contributed by atoms with Gasteiger partial charge in [0.15, 0.2) is 10.9 Å². The highest BCUT2D eigenvalue weighted by Gasteiger charge is 2.32. The van der Waals surface area contributed by atoms with Gasteiger partial charge in [0.2, 0.25) is 10.0 Å². The number of hydrogen-bond acceptors (Lipinski definition) is 6. The van der Waals surface area contributed by atoms with Crippen LogP contribution in [0.15, 0.2) is 69.3 Å². The summed E-state index contributed by atoms with van der Waals surface area (Å²) < 4.78 is 33.7. The van der Waals surface area contributed by atoms with Gasteiger partial charge in [-0.15, -0.1) is 11.3 Å². The first-order valence-corrected chi connectivity index (χ1v) is 13.7. The molecule has 3 heterocycles. The van der Waals surface area contributed by atoms with Crippen LogP contribution in [0.25, 0.3) is 22.4 Å². The lowest BCUT2D eigenvalue weighted by molar-refractivity contribution is 0.102. The maximum atomic E-state index is 13.1. The van der Waals surface area contributed by atoms with Crippen LogP contribution < -0.4 is 5.32 Å². The van der Waals surface area contributed by atoms with E-state index >= 15 is 0 Å². The van der Waals surface area contributed by atoms with Crippen LogP contribution in [0, 0.1) is 0 Å². The van der Waals surface area contributed by atoms with Gasteiger partial charge in [-0.3, -0.25) is 10.1 Å². The van der Waals surface area contributed by atoms with E-state index in [0.717, 1.165) is 36.7 Å². The van der Waals surface area contributed by atoms with Crippen molar-refractivity contribution in [3.63, 3.8) is 0 Å². The standard InChI is InChI=1S/C25H25N3O4S2/c1-2-19-8-5-6-14-28(19)34(30,31)20-12-10-17(11-13-20)24(29)27-25-26-21(16-33-25)23-15-18-7-3-4-9-22(18)32-23/h3-4,7,9-13,15-16,19H,2,5-6,8,14H2,1H3,(H,26,27,29)/t19-/m0/s1. The number of carbonyl (C=O) groups is 1. The van der Waals surface area contributed by atoms with Crippen LogP contribution in [0.4, 0.5) is 5.13 Å². The quantitative estimate of drug-likeness (QED) is 0.367. The van der Waals surface area contributed by atoms with E-state index in [1.807, 2.05) is 42.6 Å². The molecule has 1 aliphatic heterocycles. The number of carbonyl (C=O) groups excluding carboxylic acids is 1. The number of thiazole rings is 1. The Hall–Kier alpha value is -3.01. The predicted octanol–water partition coefficient (Wildman–Crippen LogP) is 5.76. The van der Waals surface area contributed by atoms with Gasteiger partial charge < -0.3 is 4.42 Å². The van der Waals surface area contributed by atoms with Crippen molar-refractivity contribution in [3.8, 4) is 11.5 Å². The number of hydrogen-bond donors (Lipinski definition) is 1. The lowest BCUT2D eigenvalue weighted by Gasteiger charge is -2.34. The minimum atomic E-state index is -3.58. The second-order valence-electron chi connectivity index (χ2n) is 8.34. The number of anilines is 1. The molecule has 0 radical (unpaired) electrons. The van der Waals surface area contributed by atoms with Crippen molar-refractivity contribution in [1.82, 2.24) is 9.29 Å². The second-order valence-corrected chi connectivity index (χ2v) is 11.1. The molecule has 9 heteroatoms. The predicted molar refractivity (Wildman–Crippen MR) is 134 cm³/mol. The van der Waals surface area contributed by atoms with E-state index in [-0.39, 0.29) is 16.8 Å². The van der Waals surface area contributed by atoms with Crippen molar-refractivity contribution in [3.05, 3.63) is 65.5 Å².